The standard InChI is InChI=1S/C14H22N2S/c1-4-10-16-11-12(2)17-14(3,15-16)13-8-6-5-7-9-13/h5-9,12,15H,4,10-11H2,1-3H3. The van der Waals surface area contributed by atoms with Gasteiger partial charge in [-0.1, -0.05) is 44.2 Å². The van der Waals surface area contributed by atoms with Gasteiger partial charge in [-0.05, 0) is 18.9 Å². The van der Waals surface area contributed by atoms with Crippen molar-refractivity contribution in [1.29, 1.82) is 0 Å². The molecule has 0 radical (unpaired) electrons. The van der Waals surface area contributed by atoms with Gasteiger partial charge in [0.05, 0.1) is 0 Å². The van der Waals surface area contributed by atoms with E-state index in [4.69, 9.17) is 0 Å². The van der Waals surface area contributed by atoms with Gasteiger partial charge in [0.25, 0.3) is 0 Å². The molecule has 1 aliphatic heterocycles. The van der Waals surface area contributed by atoms with Crippen molar-refractivity contribution in [2.24, 2.45) is 0 Å². The first-order valence-electron chi connectivity index (χ1n) is 6.40. The van der Waals surface area contributed by atoms with Crippen molar-refractivity contribution < 1.29 is 0 Å². The number of hydrogen-bond donors (Lipinski definition) is 1. The highest BCUT2D eigenvalue weighted by molar-refractivity contribution is 8.00. The molecule has 1 saturated heterocycles. The molecule has 94 valence electrons. The highest BCUT2D eigenvalue weighted by Crippen LogP contribution is 2.39. The predicted molar refractivity (Wildman–Crippen MR) is 75.8 cm³/mol. The van der Waals surface area contributed by atoms with Gasteiger partial charge in [0.1, 0.15) is 4.87 Å². The third-order valence-corrected chi connectivity index (χ3v) is 4.45. The molecule has 1 aromatic carbocycles. The number of thioether (sulfide) groups is 1. The monoisotopic (exact) mass is 250 g/mol. The van der Waals surface area contributed by atoms with Crippen LogP contribution in [0.25, 0.3) is 0 Å². The molecule has 0 aromatic heterocycles. The molecule has 2 unspecified atom stereocenters. The second-order valence-electron chi connectivity index (χ2n) is 4.89. The zero-order valence-corrected chi connectivity index (χ0v) is 11.8. The molecule has 0 aliphatic carbocycles. The lowest BCUT2D eigenvalue weighted by molar-refractivity contribution is 0.139. The summed E-state index contributed by atoms with van der Waals surface area (Å²) in [4.78, 5) is 0.00803. The molecule has 1 heterocycles. The van der Waals surface area contributed by atoms with Crippen LogP contribution in [0.1, 0.15) is 32.8 Å². The first-order valence-corrected chi connectivity index (χ1v) is 7.28. The molecule has 0 spiro atoms. The Morgan fingerprint density at radius 1 is 1.41 bits per heavy atom. The Labute approximate surface area is 109 Å². The van der Waals surface area contributed by atoms with Crippen LogP contribution < -0.4 is 5.43 Å². The first-order chi connectivity index (χ1) is 8.14. The fraction of sp³-hybridized carbons (Fsp3) is 0.571. The summed E-state index contributed by atoms with van der Waals surface area (Å²) in [6.45, 7) is 9.07. The average molecular weight is 250 g/mol. The second-order valence-corrected chi connectivity index (χ2v) is 6.74. The molecule has 1 aliphatic rings. The third kappa shape index (κ3) is 3.03. The van der Waals surface area contributed by atoms with Crippen LogP contribution in [0.5, 0.6) is 0 Å². The molecule has 3 heteroatoms. The van der Waals surface area contributed by atoms with Crippen LogP contribution in [-0.2, 0) is 4.87 Å². The molecule has 1 aromatic rings. The van der Waals surface area contributed by atoms with Crippen LogP contribution in [0, 0.1) is 0 Å². The highest BCUT2D eigenvalue weighted by Gasteiger charge is 2.35. The fourth-order valence-corrected chi connectivity index (χ4v) is 3.94. The van der Waals surface area contributed by atoms with Gasteiger partial charge in [0, 0.05) is 18.3 Å². The van der Waals surface area contributed by atoms with Crippen LogP contribution in [0.4, 0.5) is 0 Å². The van der Waals surface area contributed by atoms with E-state index in [1.807, 2.05) is 11.8 Å². The van der Waals surface area contributed by atoms with E-state index in [-0.39, 0.29) is 4.87 Å². The van der Waals surface area contributed by atoms with Crippen LogP contribution in [-0.4, -0.2) is 23.3 Å². The van der Waals surface area contributed by atoms with Gasteiger partial charge in [0.2, 0.25) is 0 Å². The maximum Gasteiger partial charge on any atom is 0.100 e. The predicted octanol–water partition coefficient (Wildman–Crippen LogP) is 3.21. The lowest BCUT2D eigenvalue weighted by atomic mass is 10.1. The molecular formula is C14H22N2S. The summed E-state index contributed by atoms with van der Waals surface area (Å²) < 4.78 is 0. The minimum Gasteiger partial charge on any atom is -0.242 e. The largest absolute Gasteiger partial charge is 0.242 e. The summed E-state index contributed by atoms with van der Waals surface area (Å²) >= 11 is 2.02. The molecule has 0 bridgehead atoms. The quantitative estimate of drug-likeness (QED) is 0.887. The topological polar surface area (TPSA) is 15.3 Å². The minimum absolute atomic E-state index is 0.00803. The molecular weight excluding hydrogens is 228 g/mol. The number of hydrazine groups is 1. The Morgan fingerprint density at radius 2 is 2.12 bits per heavy atom. The van der Waals surface area contributed by atoms with Gasteiger partial charge in [-0.25, -0.2) is 10.4 Å². The number of hydrogen-bond acceptors (Lipinski definition) is 3. The molecule has 0 amide bonds. The Bertz CT molecular complexity index is 354. The Kier molecular flexibility index (Phi) is 4.13. The Hall–Kier alpha value is -0.510. The number of nitrogens with one attached hydrogen (secondary N) is 1. The van der Waals surface area contributed by atoms with Gasteiger partial charge in [0.15, 0.2) is 0 Å². The lowest BCUT2D eigenvalue weighted by Gasteiger charge is -2.44. The van der Waals surface area contributed by atoms with Gasteiger partial charge >= 0.3 is 0 Å². The zero-order valence-electron chi connectivity index (χ0n) is 10.9. The fourth-order valence-electron chi connectivity index (χ4n) is 2.43. The summed E-state index contributed by atoms with van der Waals surface area (Å²) in [5, 5.41) is 3.03. The van der Waals surface area contributed by atoms with E-state index < -0.39 is 0 Å². The van der Waals surface area contributed by atoms with Gasteiger partial charge in [-0.3, -0.25) is 0 Å². The Balaban J connectivity index is 2.18. The van der Waals surface area contributed by atoms with E-state index in [9.17, 15) is 0 Å². The summed E-state index contributed by atoms with van der Waals surface area (Å²) in [6, 6.07) is 10.7. The number of benzene rings is 1. The maximum absolute atomic E-state index is 3.67. The summed E-state index contributed by atoms with van der Waals surface area (Å²) in [5.74, 6) is 0. The van der Waals surface area contributed by atoms with E-state index in [0.717, 1.165) is 13.1 Å². The van der Waals surface area contributed by atoms with Crippen molar-refractivity contribution in [3.8, 4) is 0 Å². The molecule has 2 rings (SSSR count). The molecule has 1 fully saturated rings. The maximum atomic E-state index is 3.67. The highest BCUT2D eigenvalue weighted by atomic mass is 32.2. The van der Waals surface area contributed by atoms with E-state index in [0.29, 0.717) is 5.25 Å². The van der Waals surface area contributed by atoms with Crippen molar-refractivity contribution in [2.45, 2.75) is 37.3 Å². The van der Waals surface area contributed by atoms with Crippen molar-refractivity contribution in [3.05, 3.63) is 35.9 Å². The smallest absolute Gasteiger partial charge is 0.100 e. The third-order valence-electron chi connectivity index (χ3n) is 3.10. The summed E-state index contributed by atoms with van der Waals surface area (Å²) in [6.07, 6.45) is 1.19. The molecule has 2 atom stereocenters. The molecule has 0 saturated carbocycles. The van der Waals surface area contributed by atoms with Gasteiger partial charge in [-0.2, -0.15) is 0 Å². The van der Waals surface area contributed by atoms with Crippen molar-refractivity contribution in [3.63, 3.8) is 0 Å². The van der Waals surface area contributed by atoms with Crippen LogP contribution in [0.15, 0.2) is 30.3 Å². The summed E-state index contributed by atoms with van der Waals surface area (Å²) in [5.41, 5.74) is 5.03. The average Bonchev–Trinajstić information content (AvgIpc) is 2.29. The van der Waals surface area contributed by atoms with E-state index in [1.54, 1.807) is 0 Å². The van der Waals surface area contributed by atoms with Crippen molar-refractivity contribution in [2.75, 3.05) is 13.1 Å². The zero-order chi connectivity index (χ0) is 12.3. The van der Waals surface area contributed by atoms with Crippen LogP contribution >= 0.6 is 11.8 Å². The Morgan fingerprint density at radius 3 is 2.76 bits per heavy atom. The number of nitrogens with zero attached hydrogens (tertiary/aromatic N) is 1. The SMILES string of the molecule is CCCN1CC(C)SC(C)(c2ccccc2)N1. The second kappa shape index (κ2) is 5.42. The lowest BCUT2D eigenvalue weighted by Crippen LogP contribution is -2.56. The molecule has 1 N–H and O–H groups in total. The van der Waals surface area contributed by atoms with Crippen molar-refractivity contribution >= 4 is 11.8 Å². The molecule has 17 heavy (non-hydrogen) atoms. The normalized spacial score (nSPS) is 30.4. The van der Waals surface area contributed by atoms with Crippen molar-refractivity contribution in [1.82, 2.24) is 10.4 Å². The van der Waals surface area contributed by atoms with Gasteiger partial charge in [-0.15, -0.1) is 11.8 Å². The minimum atomic E-state index is 0.00803. The van der Waals surface area contributed by atoms with Crippen LogP contribution in [0.3, 0.4) is 0 Å². The number of rotatable bonds is 3. The first kappa shape index (κ1) is 12.9. The van der Waals surface area contributed by atoms with E-state index in [1.165, 1.54) is 12.0 Å². The summed E-state index contributed by atoms with van der Waals surface area (Å²) in [7, 11) is 0. The van der Waals surface area contributed by atoms with Crippen LogP contribution in [0.2, 0.25) is 0 Å². The van der Waals surface area contributed by atoms with E-state index >= 15 is 0 Å². The van der Waals surface area contributed by atoms with E-state index in [2.05, 4.69) is 61.5 Å². The molecule has 2 nitrogen and oxygen atoms in total. The van der Waals surface area contributed by atoms with Gasteiger partial charge < -0.3 is 0 Å².